The van der Waals surface area contributed by atoms with Crippen molar-refractivity contribution in [3.8, 4) is 11.4 Å². The van der Waals surface area contributed by atoms with Crippen molar-refractivity contribution >= 4 is 23.3 Å². The summed E-state index contributed by atoms with van der Waals surface area (Å²) in [4.78, 5) is 30.1. The van der Waals surface area contributed by atoms with Gasteiger partial charge in [0, 0.05) is 16.5 Å². The smallest absolute Gasteiger partial charge is 0.325 e. The third-order valence-corrected chi connectivity index (χ3v) is 4.97. The monoisotopic (exact) mass is 390 g/mol. The maximum atomic E-state index is 14.2. The number of halogens is 2. The molecule has 1 aromatic carbocycles. The summed E-state index contributed by atoms with van der Waals surface area (Å²) < 4.78 is 32.8. The van der Waals surface area contributed by atoms with Gasteiger partial charge in [0.05, 0.1) is 0 Å². The third-order valence-electron chi connectivity index (χ3n) is 4.28. The van der Waals surface area contributed by atoms with Crippen LogP contribution < -0.4 is 5.32 Å². The van der Waals surface area contributed by atoms with Crippen LogP contribution in [0.25, 0.3) is 11.4 Å². The van der Waals surface area contributed by atoms with E-state index >= 15 is 0 Å². The average molecular weight is 390 g/mol. The summed E-state index contributed by atoms with van der Waals surface area (Å²) in [6.45, 7) is 1.03. The molecule has 1 aliphatic heterocycles. The zero-order valence-electron chi connectivity index (χ0n) is 13.9. The first kappa shape index (κ1) is 17.3. The Bertz CT molecular complexity index is 1040. The number of thiophene rings is 1. The quantitative estimate of drug-likeness (QED) is 0.692. The molecular formula is C17H12F2N4O3S. The van der Waals surface area contributed by atoms with Crippen LogP contribution in [0.15, 0.2) is 39.5 Å². The molecule has 3 amide bonds. The minimum absolute atomic E-state index is 0.0451. The second kappa shape index (κ2) is 6.23. The third kappa shape index (κ3) is 2.87. The second-order valence-electron chi connectivity index (χ2n) is 6.09. The maximum absolute atomic E-state index is 14.2. The van der Waals surface area contributed by atoms with Gasteiger partial charge in [-0.05, 0) is 36.6 Å². The van der Waals surface area contributed by atoms with E-state index in [0.717, 1.165) is 28.7 Å². The second-order valence-corrected chi connectivity index (χ2v) is 6.87. The first-order valence-electron chi connectivity index (χ1n) is 7.83. The fraction of sp³-hybridized carbons (Fsp3) is 0.176. The molecule has 10 heteroatoms. The number of amides is 3. The lowest BCUT2D eigenvalue weighted by molar-refractivity contribution is -0.131. The molecule has 138 valence electrons. The van der Waals surface area contributed by atoms with Crippen molar-refractivity contribution in [2.45, 2.75) is 19.0 Å². The SMILES string of the molecule is CC1(c2cc(F)ccc2F)NC(=O)N(Cc2nc(-c3ccsc3)no2)C1=O. The first-order chi connectivity index (χ1) is 12.9. The maximum Gasteiger partial charge on any atom is 0.325 e. The molecule has 1 aliphatic rings. The van der Waals surface area contributed by atoms with Crippen molar-refractivity contribution in [3.05, 3.63) is 58.1 Å². The number of hydrogen-bond acceptors (Lipinski definition) is 6. The van der Waals surface area contributed by atoms with Gasteiger partial charge in [0.15, 0.2) is 0 Å². The fourth-order valence-electron chi connectivity index (χ4n) is 2.87. The molecule has 1 atom stereocenters. The van der Waals surface area contributed by atoms with E-state index in [2.05, 4.69) is 15.5 Å². The summed E-state index contributed by atoms with van der Waals surface area (Å²) in [5.41, 5.74) is -1.24. The van der Waals surface area contributed by atoms with E-state index < -0.39 is 29.1 Å². The first-order valence-corrected chi connectivity index (χ1v) is 8.77. The Morgan fingerprint density at radius 3 is 2.85 bits per heavy atom. The Labute approximate surface area is 155 Å². The molecule has 3 aromatic rings. The average Bonchev–Trinajstić information content (AvgIpc) is 3.35. The lowest BCUT2D eigenvalue weighted by atomic mass is 9.91. The molecule has 0 bridgehead atoms. The van der Waals surface area contributed by atoms with Crippen molar-refractivity contribution in [3.63, 3.8) is 0 Å². The number of benzene rings is 1. The molecule has 1 unspecified atom stereocenters. The van der Waals surface area contributed by atoms with Crippen molar-refractivity contribution < 1.29 is 22.9 Å². The predicted octanol–water partition coefficient (Wildman–Crippen LogP) is 3.04. The standard InChI is InChI=1S/C17H12F2N4O3S/c1-17(11-6-10(18)2-3-12(11)19)15(24)23(16(25)21-17)7-13-20-14(22-26-13)9-4-5-27-8-9/h2-6,8H,7H2,1H3,(H,21,25). The number of urea groups is 1. The number of aromatic nitrogens is 2. The van der Waals surface area contributed by atoms with Crippen LogP contribution >= 0.6 is 11.3 Å². The number of nitrogens with one attached hydrogen (secondary N) is 1. The van der Waals surface area contributed by atoms with Crippen molar-refractivity contribution in [2.75, 3.05) is 0 Å². The van der Waals surface area contributed by atoms with Gasteiger partial charge in [-0.1, -0.05) is 5.16 Å². The number of carbonyl (C=O) groups is 2. The Morgan fingerprint density at radius 1 is 1.30 bits per heavy atom. The molecule has 0 saturated carbocycles. The molecule has 1 N–H and O–H groups in total. The molecule has 0 aliphatic carbocycles. The molecule has 0 spiro atoms. The molecule has 1 saturated heterocycles. The lowest BCUT2D eigenvalue weighted by Crippen LogP contribution is -2.41. The van der Waals surface area contributed by atoms with Crippen LogP contribution in [-0.2, 0) is 16.9 Å². The molecule has 1 fully saturated rings. The molecule has 2 aromatic heterocycles. The van der Waals surface area contributed by atoms with Crippen molar-refractivity contribution in [2.24, 2.45) is 0 Å². The van der Waals surface area contributed by atoms with E-state index in [9.17, 15) is 18.4 Å². The highest BCUT2D eigenvalue weighted by atomic mass is 32.1. The van der Waals surface area contributed by atoms with Gasteiger partial charge in [-0.25, -0.2) is 13.6 Å². The zero-order chi connectivity index (χ0) is 19.2. The van der Waals surface area contributed by atoms with E-state index in [1.54, 1.807) is 6.07 Å². The highest BCUT2D eigenvalue weighted by Gasteiger charge is 2.50. The molecular weight excluding hydrogens is 378 g/mol. The summed E-state index contributed by atoms with van der Waals surface area (Å²) >= 11 is 1.46. The molecule has 7 nitrogen and oxygen atoms in total. The van der Waals surface area contributed by atoms with Crippen molar-refractivity contribution in [1.82, 2.24) is 20.4 Å². The van der Waals surface area contributed by atoms with Gasteiger partial charge in [0.1, 0.15) is 23.7 Å². The summed E-state index contributed by atoms with van der Waals surface area (Å²) in [6.07, 6.45) is 0. The van der Waals surface area contributed by atoms with Gasteiger partial charge < -0.3 is 9.84 Å². The van der Waals surface area contributed by atoms with E-state index in [-0.39, 0.29) is 18.0 Å². The van der Waals surface area contributed by atoms with Crippen LogP contribution in [0, 0.1) is 11.6 Å². The van der Waals surface area contributed by atoms with Crippen LogP contribution in [-0.4, -0.2) is 27.0 Å². The number of rotatable bonds is 4. The van der Waals surface area contributed by atoms with Gasteiger partial charge in [-0.15, -0.1) is 0 Å². The van der Waals surface area contributed by atoms with Gasteiger partial charge in [0.25, 0.3) is 5.91 Å². The van der Waals surface area contributed by atoms with Crippen LogP contribution in [0.5, 0.6) is 0 Å². The normalized spacial score (nSPS) is 19.6. The van der Waals surface area contributed by atoms with E-state index in [1.807, 2.05) is 10.8 Å². The summed E-state index contributed by atoms with van der Waals surface area (Å²) in [5.74, 6) is -1.88. The van der Waals surface area contributed by atoms with Crippen LogP contribution in [0.1, 0.15) is 18.4 Å². The van der Waals surface area contributed by atoms with Gasteiger partial charge in [-0.3, -0.25) is 9.69 Å². The molecule has 0 radical (unpaired) electrons. The zero-order valence-corrected chi connectivity index (χ0v) is 14.7. The lowest BCUT2D eigenvalue weighted by Gasteiger charge is -2.22. The summed E-state index contributed by atoms with van der Waals surface area (Å²) in [6, 6.07) is 3.77. The van der Waals surface area contributed by atoms with Crippen LogP contribution in [0.2, 0.25) is 0 Å². The van der Waals surface area contributed by atoms with E-state index in [0.29, 0.717) is 5.82 Å². The van der Waals surface area contributed by atoms with Gasteiger partial charge in [0.2, 0.25) is 11.7 Å². The molecule has 3 heterocycles. The van der Waals surface area contributed by atoms with Crippen LogP contribution in [0.4, 0.5) is 13.6 Å². The van der Waals surface area contributed by atoms with Gasteiger partial charge >= 0.3 is 6.03 Å². The Balaban J connectivity index is 1.61. The minimum atomic E-state index is -1.74. The molecule has 4 rings (SSSR count). The van der Waals surface area contributed by atoms with Crippen LogP contribution in [0.3, 0.4) is 0 Å². The predicted molar refractivity (Wildman–Crippen MR) is 90.4 cm³/mol. The number of nitrogens with zero attached hydrogens (tertiary/aromatic N) is 3. The highest BCUT2D eigenvalue weighted by molar-refractivity contribution is 7.08. The molecule has 27 heavy (non-hydrogen) atoms. The Morgan fingerprint density at radius 2 is 2.11 bits per heavy atom. The number of imide groups is 1. The summed E-state index contributed by atoms with van der Waals surface area (Å²) in [5, 5.41) is 9.90. The topological polar surface area (TPSA) is 88.3 Å². The summed E-state index contributed by atoms with van der Waals surface area (Å²) in [7, 11) is 0. The number of hydrogen-bond donors (Lipinski definition) is 1. The highest BCUT2D eigenvalue weighted by Crippen LogP contribution is 2.32. The number of carbonyl (C=O) groups excluding carboxylic acids is 2. The Hall–Kier alpha value is -3.14. The minimum Gasteiger partial charge on any atom is -0.337 e. The fourth-order valence-corrected chi connectivity index (χ4v) is 3.50. The van der Waals surface area contributed by atoms with Crippen molar-refractivity contribution in [1.29, 1.82) is 0 Å². The van der Waals surface area contributed by atoms with Gasteiger partial charge in [-0.2, -0.15) is 16.3 Å². The van der Waals surface area contributed by atoms with E-state index in [1.165, 1.54) is 18.3 Å². The Kier molecular flexibility index (Phi) is 3.99. The largest absolute Gasteiger partial charge is 0.337 e. The van der Waals surface area contributed by atoms with E-state index in [4.69, 9.17) is 4.52 Å².